The number of benzene rings is 1. The first-order valence-corrected chi connectivity index (χ1v) is 7.47. The van der Waals surface area contributed by atoms with Gasteiger partial charge in [-0.2, -0.15) is 0 Å². The number of rotatable bonds is 4. The summed E-state index contributed by atoms with van der Waals surface area (Å²) in [6.45, 7) is 1.50. The summed E-state index contributed by atoms with van der Waals surface area (Å²) in [7, 11) is 1.93. The molecule has 0 saturated carbocycles. The quantitative estimate of drug-likeness (QED) is 0.758. The minimum Gasteiger partial charge on any atom is -0.508 e. The van der Waals surface area contributed by atoms with Gasteiger partial charge in [0.1, 0.15) is 18.1 Å². The Labute approximate surface area is 128 Å². The lowest BCUT2D eigenvalue weighted by atomic mass is 10.0. The molecule has 0 radical (unpaired) electrons. The van der Waals surface area contributed by atoms with Gasteiger partial charge in [-0.25, -0.2) is 0 Å². The zero-order chi connectivity index (χ0) is 14.8. The molecule has 1 atom stereocenters. The molecule has 5 nitrogen and oxygen atoms in total. The molecule has 0 unspecified atom stereocenters. The van der Waals surface area contributed by atoms with Crippen molar-refractivity contribution in [2.24, 2.45) is 0 Å². The number of phenolic OH excluding ortho intramolecular Hbond substituents is 1. The van der Waals surface area contributed by atoms with Crippen molar-refractivity contribution in [1.29, 1.82) is 0 Å². The number of nitrogens with zero attached hydrogens (tertiary/aromatic N) is 1. The van der Waals surface area contributed by atoms with Gasteiger partial charge < -0.3 is 24.7 Å². The van der Waals surface area contributed by atoms with Crippen molar-refractivity contribution >= 4 is 12.2 Å². The Morgan fingerprint density at radius 3 is 3.19 bits per heavy atom. The van der Waals surface area contributed by atoms with Crippen molar-refractivity contribution < 1.29 is 9.84 Å². The van der Waals surface area contributed by atoms with Crippen LogP contribution in [0.5, 0.6) is 11.5 Å². The lowest BCUT2D eigenvalue weighted by molar-refractivity contribution is 0.222. The molecule has 0 bridgehead atoms. The number of phenols is 1. The van der Waals surface area contributed by atoms with E-state index < -0.39 is 0 Å². The fraction of sp³-hybridized carbons (Fsp3) is 0.400. The zero-order valence-corrected chi connectivity index (χ0v) is 12.7. The first-order chi connectivity index (χ1) is 10.2. The molecular weight excluding hydrogens is 286 g/mol. The van der Waals surface area contributed by atoms with Crippen molar-refractivity contribution in [3.05, 3.63) is 40.4 Å². The first kappa shape index (κ1) is 14.2. The van der Waals surface area contributed by atoms with Crippen LogP contribution in [0.3, 0.4) is 0 Å². The summed E-state index contributed by atoms with van der Waals surface area (Å²) in [4.78, 5) is 3.24. The second-order valence-corrected chi connectivity index (χ2v) is 5.69. The second-order valence-electron chi connectivity index (χ2n) is 5.31. The van der Waals surface area contributed by atoms with Crippen LogP contribution in [0.2, 0.25) is 0 Å². The molecule has 1 aromatic heterocycles. The van der Waals surface area contributed by atoms with E-state index in [9.17, 15) is 5.11 Å². The van der Waals surface area contributed by atoms with Crippen LogP contribution in [0.4, 0.5) is 0 Å². The minimum atomic E-state index is 0.159. The summed E-state index contributed by atoms with van der Waals surface area (Å²) in [6, 6.07) is 5.39. The maximum Gasteiger partial charge on any atom is 0.177 e. The van der Waals surface area contributed by atoms with Gasteiger partial charge in [0.15, 0.2) is 4.77 Å². The second kappa shape index (κ2) is 5.91. The van der Waals surface area contributed by atoms with Crippen LogP contribution in [0.25, 0.3) is 0 Å². The summed E-state index contributed by atoms with van der Waals surface area (Å²) in [6.07, 6.45) is 3.79. The zero-order valence-electron chi connectivity index (χ0n) is 11.9. The normalized spacial score (nSPS) is 17.3. The Morgan fingerprint density at radius 2 is 2.38 bits per heavy atom. The van der Waals surface area contributed by atoms with Crippen molar-refractivity contribution in [3.63, 3.8) is 0 Å². The smallest absolute Gasteiger partial charge is 0.177 e. The molecule has 112 valence electrons. The summed E-state index contributed by atoms with van der Waals surface area (Å²) in [5, 5.41) is 12.7. The molecule has 0 amide bonds. The van der Waals surface area contributed by atoms with Gasteiger partial charge in [0, 0.05) is 31.3 Å². The van der Waals surface area contributed by atoms with Crippen LogP contribution in [0, 0.1) is 4.77 Å². The van der Waals surface area contributed by atoms with E-state index in [1.54, 1.807) is 12.1 Å². The highest BCUT2D eigenvalue weighted by atomic mass is 32.1. The topological polar surface area (TPSA) is 62.2 Å². The SMILES string of the molecule is CNCCc1cn([C@H]2COc3ccc(O)cc3C2)c(=S)[nH]1. The van der Waals surface area contributed by atoms with Crippen LogP contribution in [-0.4, -0.2) is 34.9 Å². The van der Waals surface area contributed by atoms with Gasteiger partial charge in [-0.15, -0.1) is 0 Å². The third-order valence-electron chi connectivity index (χ3n) is 3.77. The molecule has 0 aliphatic carbocycles. The standard InChI is InChI=1S/C15H19N3O2S/c1-16-5-4-11-8-18(15(21)17-11)12-6-10-7-13(19)2-3-14(10)20-9-12/h2-3,7-8,12,16,19H,4-6,9H2,1H3,(H,17,21)/t12-/m1/s1. The number of likely N-dealkylation sites (N-methyl/N-ethyl adjacent to an activating group) is 1. The molecule has 2 heterocycles. The fourth-order valence-corrected chi connectivity index (χ4v) is 3.00. The summed E-state index contributed by atoms with van der Waals surface area (Å²) >= 11 is 5.41. The molecule has 6 heteroatoms. The molecule has 21 heavy (non-hydrogen) atoms. The lowest BCUT2D eigenvalue weighted by Gasteiger charge is -2.26. The monoisotopic (exact) mass is 305 g/mol. The number of ether oxygens (including phenoxy) is 1. The third-order valence-corrected chi connectivity index (χ3v) is 4.08. The van der Waals surface area contributed by atoms with Crippen LogP contribution >= 0.6 is 12.2 Å². The highest BCUT2D eigenvalue weighted by Gasteiger charge is 2.22. The predicted octanol–water partition coefficient (Wildman–Crippen LogP) is 2.19. The molecule has 0 spiro atoms. The number of imidazole rings is 1. The largest absolute Gasteiger partial charge is 0.508 e. The molecule has 3 rings (SSSR count). The maximum atomic E-state index is 9.60. The Balaban J connectivity index is 1.82. The van der Waals surface area contributed by atoms with E-state index in [0.29, 0.717) is 6.61 Å². The molecule has 3 N–H and O–H groups in total. The van der Waals surface area contributed by atoms with Crippen LogP contribution < -0.4 is 10.1 Å². The van der Waals surface area contributed by atoms with Gasteiger partial charge >= 0.3 is 0 Å². The van der Waals surface area contributed by atoms with Gasteiger partial charge in [0.25, 0.3) is 0 Å². The highest BCUT2D eigenvalue weighted by Crippen LogP contribution is 2.32. The van der Waals surface area contributed by atoms with E-state index >= 15 is 0 Å². The molecule has 1 aromatic carbocycles. The fourth-order valence-electron chi connectivity index (χ4n) is 2.66. The van der Waals surface area contributed by atoms with Gasteiger partial charge in [0.2, 0.25) is 0 Å². The lowest BCUT2D eigenvalue weighted by Crippen LogP contribution is -2.24. The molecular formula is C15H19N3O2S. The molecule has 0 saturated heterocycles. The minimum absolute atomic E-state index is 0.159. The number of nitrogens with one attached hydrogen (secondary N) is 2. The number of hydrogen-bond donors (Lipinski definition) is 3. The Morgan fingerprint density at radius 1 is 1.52 bits per heavy atom. The maximum absolute atomic E-state index is 9.60. The van der Waals surface area contributed by atoms with E-state index in [0.717, 1.165) is 41.2 Å². The van der Waals surface area contributed by atoms with Crippen LogP contribution in [0.15, 0.2) is 24.4 Å². The molecule has 2 aromatic rings. The average molecular weight is 305 g/mol. The molecule has 1 aliphatic heterocycles. The van der Waals surface area contributed by atoms with Crippen molar-refractivity contribution in [2.45, 2.75) is 18.9 Å². The van der Waals surface area contributed by atoms with Gasteiger partial charge in [-0.05, 0) is 43.0 Å². The number of hydrogen-bond acceptors (Lipinski definition) is 4. The van der Waals surface area contributed by atoms with Gasteiger partial charge in [0.05, 0.1) is 6.04 Å². The van der Waals surface area contributed by atoms with Crippen molar-refractivity contribution in [1.82, 2.24) is 14.9 Å². The van der Waals surface area contributed by atoms with Crippen LogP contribution in [-0.2, 0) is 12.8 Å². The first-order valence-electron chi connectivity index (χ1n) is 7.06. The average Bonchev–Trinajstić information content (AvgIpc) is 2.85. The third kappa shape index (κ3) is 2.96. The van der Waals surface area contributed by atoms with E-state index in [2.05, 4.69) is 21.1 Å². The number of aromatic hydroxyl groups is 1. The molecule has 1 aliphatic rings. The highest BCUT2D eigenvalue weighted by molar-refractivity contribution is 7.71. The Kier molecular flexibility index (Phi) is 3.98. The van der Waals surface area contributed by atoms with Crippen molar-refractivity contribution in [3.8, 4) is 11.5 Å². The Hall–Kier alpha value is -1.79. The summed E-state index contributed by atoms with van der Waals surface area (Å²) in [5.74, 6) is 1.12. The van der Waals surface area contributed by atoms with E-state index in [4.69, 9.17) is 17.0 Å². The van der Waals surface area contributed by atoms with Crippen LogP contribution in [0.1, 0.15) is 17.3 Å². The van der Waals surface area contributed by atoms with E-state index in [1.807, 2.05) is 13.1 Å². The number of aromatic nitrogens is 2. The van der Waals surface area contributed by atoms with Crippen molar-refractivity contribution in [2.75, 3.05) is 20.2 Å². The molecule has 0 fully saturated rings. The predicted molar refractivity (Wildman–Crippen MR) is 83.6 cm³/mol. The van der Waals surface area contributed by atoms with Gasteiger partial charge in [-0.1, -0.05) is 0 Å². The van der Waals surface area contributed by atoms with Gasteiger partial charge in [-0.3, -0.25) is 0 Å². The van der Waals surface area contributed by atoms with E-state index in [1.165, 1.54) is 0 Å². The number of aromatic amines is 1. The summed E-state index contributed by atoms with van der Waals surface area (Å²) in [5.41, 5.74) is 2.14. The van der Waals surface area contributed by atoms with E-state index in [-0.39, 0.29) is 11.8 Å². The number of fused-ring (bicyclic) bond motifs is 1. The number of H-pyrrole nitrogens is 1. The Bertz CT molecular complexity index is 692. The summed E-state index contributed by atoms with van der Waals surface area (Å²) < 4.78 is 8.57.